The third-order valence-corrected chi connectivity index (χ3v) is 14.6. The molecular formula is C50H92N4O14. The molecule has 0 aliphatic carbocycles. The first kappa shape index (κ1) is 60.0. The minimum Gasteiger partial charge on any atom is -0.459 e. The molecule has 3 aliphatic rings. The summed E-state index contributed by atoms with van der Waals surface area (Å²) in [5.41, 5.74) is -4.77. The maximum Gasteiger partial charge on any atom is 0.311 e. The molecule has 0 aromatic rings. The number of hydrogen-bond donors (Lipinski definition) is 7. The molecule has 3 rings (SSSR count). The molecule has 3 saturated heterocycles. The maximum absolute atomic E-state index is 14.5. The van der Waals surface area contributed by atoms with E-state index in [1.807, 2.05) is 51.9 Å². The lowest BCUT2D eigenvalue weighted by molar-refractivity contribution is -0.318. The van der Waals surface area contributed by atoms with Crippen molar-refractivity contribution >= 4 is 17.8 Å². The van der Waals surface area contributed by atoms with Crippen LogP contribution in [0.2, 0.25) is 0 Å². The number of nitrogens with one attached hydrogen (secondary N) is 2. The van der Waals surface area contributed by atoms with E-state index in [9.17, 15) is 39.9 Å². The summed E-state index contributed by atoms with van der Waals surface area (Å²) in [5, 5.41) is 65.7. The van der Waals surface area contributed by atoms with Gasteiger partial charge in [-0.1, -0.05) is 39.8 Å². The zero-order valence-electron chi connectivity index (χ0n) is 43.8. The first-order valence-electron chi connectivity index (χ1n) is 25.2. The Hall–Kier alpha value is -2.33. The van der Waals surface area contributed by atoms with Crippen molar-refractivity contribution < 1.29 is 68.3 Å². The maximum atomic E-state index is 14.5. The molecule has 18 atom stereocenters. The topological polar surface area (TPSA) is 238 Å². The molecule has 0 unspecified atom stereocenters. The molecule has 18 nitrogen and oxygen atoms in total. The van der Waals surface area contributed by atoms with Crippen molar-refractivity contribution in [2.75, 3.05) is 47.4 Å². The number of nitrogens with zero attached hydrogens (tertiary/aromatic N) is 2. The number of aliphatic hydroxyl groups is 5. The summed E-state index contributed by atoms with van der Waals surface area (Å²) in [6.07, 6.45) is -2.24. The van der Waals surface area contributed by atoms with Gasteiger partial charge in [-0.25, -0.2) is 0 Å². The summed E-state index contributed by atoms with van der Waals surface area (Å²) in [6.45, 7) is 20.1. The van der Waals surface area contributed by atoms with Crippen molar-refractivity contribution in [1.82, 2.24) is 20.4 Å². The standard InChI is InChI=1S/C50H92N4O14/c1-15-17-19-22-38(55)51-23-20-18-21-24-52-39(56)29-54-28-30(3)26-48(9,61)45(68-47-41(57)36(53(12)13)25-31(4)64-47)32(5)42(67-40-27-49(10,63-14)44(59)35(8)65-40)33(6)46(60)66-37(16-2)50(11,62)43(58)34(54)7/h17,19,30-37,40-45,47,57-59,61-62H,15-16,18,20-29H2,1-14H3,(H,51,55)(H,52,56)/b19-17-/t30-,31-,32+,33-,34-,35+,36+,37-,40+,41-,42+,43-,44+,45-,47+,48-,49-,50-/m1/s1. The number of hydrogen-bond acceptors (Lipinski definition) is 16. The monoisotopic (exact) mass is 973 g/mol. The number of carbonyl (C=O) groups excluding carboxylic acids is 3. The second kappa shape index (κ2) is 26.9. The Balaban J connectivity index is 2.02. The van der Waals surface area contributed by atoms with Crippen molar-refractivity contribution in [2.45, 2.75) is 224 Å². The van der Waals surface area contributed by atoms with E-state index in [0.717, 1.165) is 19.3 Å². The largest absolute Gasteiger partial charge is 0.459 e. The van der Waals surface area contributed by atoms with Crippen LogP contribution in [0.1, 0.15) is 134 Å². The predicted octanol–water partition coefficient (Wildman–Crippen LogP) is 3.03. The van der Waals surface area contributed by atoms with Crippen LogP contribution in [0.15, 0.2) is 12.2 Å². The summed E-state index contributed by atoms with van der Waals surface area (Å²) in [5.74, 6) is -3.40. The molecule has 0 saturated carbocycles. The predicted molar refractivity (Wildman–Crippen MR) is 257 cm³/mol. The second-order valence-electron chi connectivity index (χ2n) is 21.0. The Morgan fingerprint density at radius 1 is 0.882 bits per heavy atom. The molecular weight excluding hydrogens is 881 g/mol. The van der Waals surface area contributed by atoms with Crippen molar-refractivity contribution in [1.29, 1.82) is 0 Å². The van der Waals surface area contributed by atoms with Gasteiger partial charge in [0, 0.05) is 57.6 Å². The SMILES string of the molecule is CC/C=C\CC(=O)NCCCCCNC(=O)CN1C[C@H](C)C[C@@](C)(O)[C@H](O[C@@H]2O[C@H](C)C[C@H](N(C)C)[C@H]2O)[C@@H](C)[C@H](O[C@H]2C[C@@](C)(OC)[C@@H](O)[C@H](C)O2)[C@@H](C)C(=O)O[C@H](CC)[C@@](C)(O)[C@H](O)[C@H]1C. The highest BCUT2D eigenvalue weighted by Gasteiger charge is 2.53. The van der Waals surface area contributed by atoms with Crippen molar-refractivity contribution in [3.63, 3.8) is 0 Å². The molecule has 68 heavy (non-hydrogen) atoms. The fraction of sp³-hybridized carbons (Fsp3) is 0.900. The molecule has 3 aliphatic heterocycles. The van der Waals surface area contributed by atoms with Crippen LogP contribution in [-0.2, 0) is 42.8 Å². The number of allylic oxidation sites excluding steroid dienone is 1. The number of likely N-dealkylation sites (N-methyl/N-ethyl adjacent to an activating group) is 1. The van der Waals surface area contributed by atoms with Gasteiger partial charge in [-0.3, -0.25) is 19.3 Å². The van der Waals surface area contributed by atoms with Gasteiger partial charge in [0.25, 0.3) is 0 Å². The number of unbranched alkanes of at least 4 members (excludes halogenated alkanes) is 2. The third kappa shape index (κ3) is 16.4. The zero-order valence-corrected chi connectivity index (χ0v) is 43.8. The van der Waals surface area contributed by atoms with E-state index in [1.54, 1.807) is 53.4 Å². The zero-order chi connectivity index (χ0) is 51.3. The molecule has 7 N–H and O–H groups in total. The Bertz CT molecular complexity index is 1590. The molecule has 0 radical (unpaired) electrons. The van der Waals surface area contributed by atoms with Gasteiger partial charge in [0.05, 0.1) is 48.1 Å². The Kier molecular flexibility index (Phi) is 23.8. The van der Waals surface area contributed by atoms with Crippen LogP contribution in [-0.4, -0.2) is 191 Å². The van der Waals surface area contributed by atoms with Crippen LogP contribution in [0, 0.1) is 17.8 Å². The minimum atomic E-state index is -1.99. The quantitative estimate of drug-likeness (QED) is 0.0594. The summed E-state index contributed by atoms with van der Waals surface area (Å²) < 4.78 is 37.9. The van der Waals surface area contributed by atoms with E-state index in [-0.39, 0.29) is 62.2 Å². The van der Waals surface area contributed by atoms with Gasteiger partial charge < -0.3 is 69.5 Å². The van der Waals surface area contributed by atoms with E-state index >= 15 is 0 Å². The van der Waals surface area contributed by atoms with Crippen LogP contribution < -0.4 is 10.6 Å². The average molecular weight is 973 g/mol. The summed E-state index contributed by atoms with van der Waals surface area (Å²) >= 11 is 0. The summed E-state index contributed by atoms with van der Waals surface area (Å²) in [7, 11) is 5.22. The summed E-state index contributed by atoms with van der Waals surface area (Å²) in [4.78, 5) is 43.9. The lowest BCUT2D eigenvalue weighted by atomic mass is 9.77. The molecule has 396 valence electrons. The molecule has 3 heterocycles. The van der Waals surface area contributed by atoms with Crippen molar-refractivity contribution in [3.05, 3.63) is 12.2 Å². The lowest BCUT2D eigenvalue weighted by Gasteiger charge is -2.48. The Labute approximate surface area is 407 Å². The number of amides is 2. The Morgan fingerprint density at radius 2 is 1.51 bits per heavy atom. The number of ether oxygens (including phenoxy) is 6. The van der Waals surface area contributed by atoms with Crippen LogP contribution in [0.4, 0.5) is 0 Å². The molecule has 3 fully saturated rings. The van der Waals surface area contributed by atoms with Gasteiger partial charge in [-0.2, -0.15) is 0 Å². The number of methoxy groups -OCH3 is 1. The number of rotatable bonds is 18. The van der Waals surface area contributed by atoms with Crippen LogP contribution in [0.5, 0.6) is 0 Å². The third-order valence-electron chi connectivity index (χ3n) is 14.6. The molecule has 0 bridgehead atoms. The lowest BCUT2D eigenvalue weighted by Crippen LogP contribution is -2.60. The molecule has 0 aromatic carbocycles. The molecule has 2 amide bonds. The number of cyclic esters (lactones) is 1. The normalized spacial score (nSPS) is 40.6. The highest BCUT2D eigenvalue weighted by molar-refractivity contribution is 5.78. The van der Waals surface area contributed by atoms with E-state index in [2.05, 4.69) is 10.6 Å². The summed E-state index contributed by atoms with van der Waals surface area (Å²) in [6, 6.07) is -1.18. The van der Waals surface area contributed by atoms with E-state index < -0.39 is 96.0 Å². The van der Waals surface area contributed by atoms with Gasteiger partial charge in [0.15, 0.2) is 12.6 Å². The Morgan fingerprint density at radius 3 is 2.10 bits per heavy atom. The number of carbonyl (C=O) groups is 3. The molecule has 0 aromatic heterocycles. The molecule has 18 heteroatoms. The smallest absolute Gasteiger partial charge is 0.311 e. The minimum absolute atomic E-state index is 0.0300. The number of esters is 1. The first-order valence-corrected chi connectivity index (χ1v) is 25.2. The average Bonchev–Trinajstić information content (AvgIpc) is 3.26. The van der Waals surface area contributed by atoms with Gasteiger partial charge in [0.1, 0.15) is 30.0 Å². The highest BCUT2D eigenvalue weighted by atomic mass is 16.7. The number of aliphatic hydroxyl groups excluding tert-OH is 3. The molecule has 0 spiro atoms. The van der Waals surface area contributed by atoms with Gasteiger partial charge in [-0.05, 0) is 113 Å². The first-order chi connectivity index (χ1) is 31.7. The van der Waals surface area contributed by atoms with Crippen LogP contribution in [0.25, 0.3) is 0 Å². The van der Waals surface area contributed by atoms with E-state index in [0.29, 0.717) is 32.4 Å². The van der Waals surface area contributed by atoms with Crippen LogP contribution in [0.3, 0.4) is 0 Å². The van der Waals surface area contributed by atoms with Crippen molar-refractivity contribution in [3.8, 4) is 0 Å². The van der Waals surface area contributed by atoms with E-state index in [4.69, 9.17) is 28.4 Å². The van der Waals surface area contributed by atoms with Crippen LogP contribution >= 0.6 is 0 Å². The van der Waals surface area contributed by atoms with Gasteiger partial charge in [0.2, 0.25) is 11.8 Å². The highest BCUT2D eigenvalue weighted by Crippen LogP contribution is 2.40. The van der Waals surface area contributed by atoms with E-state index in [1.165, 1.54) is 14.0 Å². The second-order valence-corrected chi connectivity index (χ2v) is 21.0. The fourth-order valence-corrected chi connectivity index (χ4v) is 10.4. The van der Waals surface area contributed by atoms with Crippen molar-refractivity contribution in [2.24, 2.45) is 17.8 Å². The van der Waals surface area contributed by atoms with Gasteiger partial charge in [-0.15, -0.1) is 0 Å². The fourth-order valence-electron chi connectivity index (χ4n) is 10.4. The van der Waals surface area contributed by atoms with Gasteiger partial charge >= 0.3 is 5.97 Å².